The van der Waals surface area contributed by atoms with Crippen molar-refractivity contribution < 1.29 is 13.9 Å². The molecule has 0 atom stereocenters. The van der Waals surface area contributed by atoms with E-state index in [1.165, 1.54) is 11.6 Å². The van der Waals surface area contributed by atoms with Gasteiger partial charge in [0.25, 0.3) is 0 Å². The molecule has 0 bridgehead atoms. The summed E-state index contributed by atoms with van der Waals surface area (Å²) in [5.41, 5.74) is 2.34. The van der Waals surface area contributed by atoms with E-state index in [9.17, 15) is 4.79 Å². The van der Waals surface area contributed by atoms with Crippen LogP contribution in [0, 0.1) is 0 Å². The normalized spacial score (nSPS) is 10.8. The van der Waals surface area contributed by atoms with Gasteiger partial charge in [-0.2, -0.15) is 0 Å². The molecule has 1 aromatic heterocycles. The average Bonchev–Trinajstić information content (AvgIpc) is 2.64. The highest BCUT2D eigenvalue weighted by Crippen LogP contribution is 2.22. The number of nitrogens with one attached hydrogen (secondary N) is 1. The van der Waals surface area contributed by atoms with Crippen molar-refractivity contribution in [1.82, 2.24) is 5.32 Å². The quantitative estimate of drug-likeness (QED) is 0.529. The van der Waals surface area contributed by atoms with Crippen LogP contribution in [-0.2, 0) is 13.0 Å². The molecular weight excluding hydrogens is 318 g/mol. The fraction of sp³-hybridized carbons (Fsp3) is 0.250. The number of fused-ring (bicyclic) bond motifs is 1. The Morgan fingerprint density at radius 3 is 2.40 bits per heavy atom. The Hall–Kier alpha value is -2.79. The van der Waals surface area contributed by atoms with E-state index in [4.69, 9.17) is 13.9 Å². The van der Waals surface area contributed by atoms with E-state index in [0.29, 0.717) is 17.9 Å². The Labute approximate surface area is 146 Å². The molecular formula is C20H21NO4. The van der Waals surface area contributed by atoms with Crippen molar-refractivity contribution in [3.05, 3.63) is 70.1 Å². The summed E-state index contributed by atoms with van der Waals surface area (Å²) in [7, 11) is 3.25. The smallest absolute Gasteiger partial charge is 0.336 e. The summed E-state index contributed by atoms with van der Waals surface area (Å²) >= 11 is 0. The molecule has 2 aromatic carbocycles. The van der Waals surface area contributed by atoms with Crippen LogP contribution < -0.4 is 20.4 Å². The molecule has 0 radical (unpaired) electrons. The summed E-state index contributed by atoms with van der Waals surface area (Å²) < 4.78 is 15.6. The summed E-state index contributed by atoms with van der Waals surface area (Å²) in [6, 6.07) is 15.1. The van der Waals surface area contributed by atoms with E-state index in [0.717, 1.165) is 29.7 Å². The molecule has 0 amide bonds. The van der Waals surface area contributed by atoms with Crippen LogP contribution in [0.25, 0.3) is 11.0 Å². The number of methoxy groups -OCH3 is 2. The summed E-state index contributed by atoms with van der Waals surface area (Å²) in [6.07, 6.45) is 0.900. The van der Waals surface area contributed by atoms with E-state index in [-0.39, 0.29) is 5.63 Å². The second kappa shape index (κ2) is 7.85. The number of hydrogen-bond donors (Lipinski definition) is 1. The van der Waals surface area contributed by atoms with Crippen LogP contribution in [0.2, 0.25) is 0 Å². The third kappa shape index (κ3) is 4.19. The Morgan fingerprint density at radius 2 is 1.68 bits per heavy atom. The fourth-order valence-electron chi connectivity index (χ4n) is 2.73. The van der Waals surface area contributed by atoms with Crippen LogP contribution in [-0.4, -0.2) is 20.8 Å². The lowest BCUT2D eigenvalue weighted by molar-refractivity contribution is 0.414. The highest BCUT2D eigenvalue weighted by atomic mass is 16.5. The van der Waals surface area contributed by atoms with Crippen molar-refractivity contribution in [1.29, 1.82) is 0 Å². The van der Waals surface area contributed by atoms with Crippen LogP contribution in [0.3, 0.4) is 0 Å². The Morgan fingerprint density at radius 1 is 0.960 bits per heavy atom. The Balaban J connectivity index is 1.65. The zero-order valence-electron chi connectivity index (χ0n) is 14.4. The van der Waals surface area contributed by atoms with Gasteiger partial charge in [0, 0.05) is 24.1 Å². The molecule has 0 unspecified atom stereocenters. The van der Waals surface area contributed by atoms with Gasteiger partial charge in [0.2, 0.25) is 0 Å². The lowest BCUT2D eigenvalue weighted by atomic mass is 10.1. The van der Waals surface area contributed by atoms with Gasteiger partial charge in [-0.05, 0) is 48.4 Å². The van der Waals surface area contributed by atoms with Crippen molar-refractivity contribution in [3.8, 4) is 11.5 Å². The van der Waals surface area contributed by atoms with E-state index >= 15 is 0 Å². The lowest BCUT2D eigenvalue weighted by Gasteiger charge is -2.09. The number of benzene rings is 2. The standard InChI is InChI=1S/C20H21NO4/c1-23-16-5-3-14(4-6-16)9-10-21-13-15-11-20(22)25-19-12-17(24-2)7-8-18(15)19/h3-8,11-12,21H,9-10,13H2,1-2H3. The first kappa shape index (κ1) is 17.0. The van der Waals surface area contributed by atoms with Crippen molar-refractivity contribution in [2.24, 2.45) is 0 Å². The summed E-state index contributed by atoms with van der Waals surface area (Å²) in [6.45, 7) is 1.41. The molecule has 0 saturated heterocycles. The zero-order valence-corrected chi connectivity index (χ0v) is 14.4. The largest absolute Gasteiger partial charge is 0.497 e. The van der Waals surface area contributed by atoms with E-state index < -0.39 is 0 Å². The lowest BCUT2D eigenvalue weighted by Crippen LogP contribution is -2.18. The van der Waals surface area contributed by atoms with Crippen LogP contribution in [0.4, 0.5) is 0 Å². The predicted molar refractivity (Wildman–Crippen MR) is 97.4 cm³/mol. The highest BCUT2D eigenvalue weighted by Gasteiger charge is 2.07. The van der Waals surface area contributed by atoms with Crippen molar-refractivity contribution >= 4 is 11.0 Å². The van der Waals surface area contributed by atoms with Gasteiger partial charge in [0.1, 0.15) is 17.1 Å². The third-order valence-electron chi connectivity index (χ3n) is 4.10. The molecule has 130 valence electrons. The van der Waals surface area contributed by atoms with Crippen molar-refractivity contribution in [2.45, 2.75) is 13.0 Å². The molecule has 0 aliphatic heterocycles. The predicted octanol–water partition coefficient (Wildman–Crippen LogP) is 3.14. The molecule has 3 aromatic rings. The van der Waals surface area contributed by atoms with Crippen LogP contribution in [0.15, 0.2) is 57.7 Å². The molecule has 0 aliphatic rings. The van der Waals surface area contributed by atoms with Gasteiger partial charge in [-0.15, -0.1) is 0 Å². The fourth-order valence-corrected chi connectivity index (χ4v) is 2.73. The van der Waals surface area contributed by atoms with Crippen LogP contribution in [0.5, 0.6) is 11.5 Å². The average molecular weight is 339 g/mol. The van der Waals surface area contributed by atoms with Crippen molar-refractivity contribution in [2.75, 3.05) is 20.8 Å². The van der Waals surface area contributed by atoms with Gasteiger partial charge >= 0.3 is 5.63 Å². The molecule has 1 N–H and O–H groups in total. The summed E-state index contributed by atoms with van der Waals surface area (Å²) in [5.74, 6) is 1.52. The Kier molecular flexibility index (Phi) is 5.36. The third-order valence-corrected chi connectivity index (χ3v) is 4.10. The molecule has 0 spiro atoms. The van der Waals surface area contributed by atoms with E-state index in [1.807, 2.05) is 24.3 Å². The molecule has 5 nitrogen and oxygen atoms in total. The zero-order chi connectivity index (χ0) is 17.6. The molecule has 1 heterocycles. The number of hydrogen-bond acceptors (Lipinski definition) is 5. The highest BCUT2D eigenvalue weighted by molar-refractivity contribution is 5.81. The molecule has 0 fully saturated rings. The number of rotatable bonds is 7. The van der Waals surface area contributed by atoms with Gasteiger partial charge < -0.3 is 19.2 Å². The molecule has 3 rings (SSSR count). The topological polar surface area (TPSA) is 60.7 Å². The maximum atomic E-state index is 11.8. The van der Waals surface area contributed by atoms with Gasteiger partial charge in [0.05, 0.1) is 14.2 Å². The molecule has 0 aliphatic carbocycles. The van der Waals surface area contributed by atoms with Crippen LogP contribution in [0.1, 0.15) is 11.1 Å². The van der Waals surface area contributed by atoms with Gasteiger partial charge in [0.15, 0.2) is 0 Å². The summed E-state index contributed by atoms with van der Waals surface area (Å²) in [5, 5.41) is 4.30. The SMILES string of the molecule is COc1ccc(CCNCc2cc(=O)oc3cc(OC)ccc23)cc1. The van der Waals surface area contributed by atoms with E-state index in [1.54, 1.807) is 20.3 Å². The van der Waals surface area contributed by atoms with Gasteiger partial charge in [-0.1, -0.05) is 12.1 Å². The van der Waals surface area contributed by atoms with Gasteiger partial charge in [-0.3, -0.25) is 0 Å². The van der Waals surface area contributed by atoms with Gasteiger partial charge in [-0.25, -0.2) is 4.79 Å². The number of ether oxygens (including phenoxy) is 2. The second-order valence-corrected chi connectivity index (χ2v) is 5.73. The maximum absolute atomic E-state index is 11.8. The van der Waals surface area contributed by atoms with E-state index in [2.05, 4.69) is 17.4 Å². The monoisotopic (exact) mass is 339 g/mol. The van der Waals surface area contributed by atoms with Crippen LogP contribution >= 0.6 is 0 Å². The first-order chi connectivity index (χ1) is 12.2. The minimum Gasteiger partial charge on any atom is -0.497 e. The Bertz CT molecular complexity index is 900. The maximum Gasteiger partial charge on any atom is 0.336 e. The summed E-state index contributed by atoms with van der Waals surface area (Å²) in [4.78, 5) is 11.8. The minimum absolute atomic E-state index is 0.354. The minimum atomic E-state index is -0.354. The molecule has 5 heteroatoms. The first-order valence-electron chi connectivity index (χ1n) is 8.14. The molecule has 0 saturated carbocycles. The molecule has 25 heavy (non-hydrogen) atoms. The first-order valence-corrected chi connectivity index (χ1v) is 8.14. The van der Waals surface area contributed by atoms with Crippen molar-refractivity contribution in [3.63, 3.8) is 0 Å². The second-order valence-electron chi connectivity index (χ2n) is 5.73.